The van der Waals surface area contributed by atoms with Crippen LogP contribution in [0.15, 0.2) is 11.0 Å². The molecule has 1 atom stereocenters. The molecule has 1 N–H and O–H groups in total. The molecule has 1 unspecified atom stereocenters. The fourth-order valence-corrected chi connectivity index (χ4v) is 3.97. The third kappa shape index (κ3) is 3.40. The van der Waals surface area contributed by atoms with E-state index in [-0.39, 0.29) is 0 Å². The highest BCUT2D eigenvalue weighted by Crippen LogP contribution is 2.28. The van der Waals surface area contributed by atoms with Crippen LogP contribution in [0.4, 0.5) is 0 Å². The Morgan fingerprint density at radius 2 is 1.60 bits per heavy atom. The number of aliphatic hydroxyl groups is 1. The molecule has 0 aliphatic carbocycles. The van der Waals surface area contributed by atoms with Gasteiger partial charge in [0.15, 0.2) is 0 Å². The SMILES string of the molecule is Cc1cc(C)c(C)c(S(=O)(=O)N(C)CCC(C)O)c1C. The van der Waals surface area contributed by atoms with Gasteiger partial charge in [-0.05, 0) is 63.3 Å². The van der Waals surface area contributed by atoms with Gasteiger partial charge in [-0.15, -0.1) is 0 Å². The Morgan fingerprint density at radius 1 is 1.15 bits per heavy atom. The second-order valence-corrected chi connectivity index (χ2v) is 7.54. The molecule has 0 heterocycles. The summed E-state index contributed by atoms with van der Waals surface area (Å²) in [5.74, 6) is 0. The molecule has 1 rings (SSSR count). The summed E-state index contributed by atoms with van der Waals surface area (Å²) in [7, 11) is -1.96. The number of sulfonamides is 1. The second kappa shape index (κ2) is 6.24. The predicted octanol–water partition coefficient (Wildman–Crippen LogP) is 2.31. The molecule has 0 bridgehead atoms. The second-order valence-electron chi connectivity index (χ2n) is 5.55. The van der Waals surface area contributed by atoms with Crippen LogP contribution in [0.5, 0.6) is 0 Å². The smallest absolute Gasteiger partial charge is 0.243 e. The van der Waals surface area contributed by atoms with E-state index in [4.69, 9.17) is 0 Å². The molecular weight excluding hydrogens is 274 g/mol. The van der Waals surface area contributed by atoms with Crippen LogP contribution >= 0.6 is 0 Å². The van der Waals surface area contributed by atoms with E-state index in [1.807, 2.05) is 33.8 Å². The zero-order valence-corrected chi connectivity index (χ0v) is 14.0. The normalized spacial score (nSPS) is 13.8. The highest BCUT2D eigenvalue weighted by Gasteiger charge is 2.26. The van der Waals surface area contributed by atoms with Crippen LogP contribution in [0, 0.1) is 27.7 Å². The summed E-state index contributed by atoms with van der Waals surface area (Å²) in [5, 5.41) is 9.31. The summed E-state index contributed by atoms with van der Waals surface area (Å²) < 4.78 is 26.8. The molecular formula is C15H25NO3S. The summed E-state index contributed by atoms with van der Waals surface area (Å²) >= 11 is 0. The molecule has 1 aromatic rings. The van der Waals surface area contributed by atoms with E-state index in [0.717, 1.165) is 22.3 Å². The lowest BCUT2D eigenvalue weighted by atomic mass is 10.0. The Kier molecular flexibility index (Phi) is 5.35. The fourth-order valence-electron chi connectivity index (χ4n) is 2.21. The van der Waals surface area contributed by atoms with Crippen LogP contribution in [-0.4, -0.2) is 37.5 Å². The number of rotatable bonds is 5. The van der Waals surface area contributed by atoms with Gasteiger partial charge in [-0.2, -0.15) is 0 Å². The van der Waals surface area contributed by atoms with Gasteiger partial charge in [0, 0.05) is 13.6 Å². The molecule has 0 aliphatic rings. The number of hydrogen-bond donors (Lipinski definition) is 1. The molecule has 0 saturated heterocycles. The van der Waals surface area contributed by atoms with Crippen LogP contribution < -0.4 is 0 Å². The van der Waals surface area contributed by atoms with Crippen LogP contribution in [0.1, 0.15) is 35.6 Å². The monoisotopic (exact) mass is 299 g/mol. The van der Waals surface area contributed by atoms with Crippen molar-refractivity contribution in [3.05, 3.63) is 28.3 Å². The molecule has 5 heteroatoms. The Morgan fingerprint density at radius 3 is 2.00 bits per heavy atom. The first kappa shape index (κ1) is 17.1. The van der Waals surface area contributed by atoms with E-state index >= 15 is 0 Å². The quantitative estimate of drug-likeness (QED) is 0.907. The third-order valence-electron chi connectivity index (χ3n) is 3.83. The largest absolute Gasteiger partial charge is 0.393 e. The van der Waals surface area contributed by atoms with Crippen molar-refractivity contribution in [2.75, 3.05) is 13.6 Å². The lowest BCUT2D eigenvalue weighted by Crippen LogP contribution is -2.31. The van der Waals surface area contributed by atoms with Crippen molar-refractivity contribution in [2.45, 2.75) is 52.0 Å². The van der Waals surface area contributed by atoms with Crippen LogP contribution in [0.25, 0.3) is 0 Å². The van der Waals surface area contributed by atoms with Crippen LogP contribution in [0.3, 0.4) is 0 Å². The van der Waals surface area contributed by atoms with Crippen molar-refractivity contribution in [1.29, 1.82) is 0 Å². The summed E-state index contributed by atoms with van der Waals surface area (Å²) in [6.45, 7) is 9.52. The highest BCUT2D eigenvalue weighted by atomic mass is 32.2. The summed E-state index contributed by atoms with van der Waals surface area (Å²) in [6.07, 6.45) is -0.0763. The van der Waals surface area contributed by atoms with E-state index in [0.29, 0.717) is 17.9 Å². The fraction of sp³-hybridized carbons (Fsp3) is 0.600. The van der Waals surface area contributed by atoms with Crippen molar-refractivity contribution < 1.29 is 13.5 Å². The minimum absolute atomic E-state index is 0.311. The van der Waals surface area contributed by atoms with Crippen LogP contribution in [-0.2, 0) is 10.0 Å². The average Bonchev–Trinajstić information content (AvgIpc) is 2.33. The van der Waals surface area contributed by atoms with E-state index in [9.17, 15) is 13.5 Å². The van der Waals surface area contributed by atoms with E-state index in [2.05, 4.69) is 0 Å². The van der Waals surface area contributed by atoms with E-state index in [1.54, 1.807) is 14.0 Å². The molecule has 0 spiro atoms. The van der Waals surface area contributed by atoms with Crippen molar-refractivity contribution in [1.82, 2.24) is 4.31 Å². The van der Waals surface area contributed by atoms with Gasteiger partial charge < -0.3 is 5.11 Å². The van der Waals surface area contributed by atoms with E-state index in [1.165, 1.54) is 4.31 Å². The molecule has 0 amide bonds. The average molecular weight is 299 g/mol. The lowest BCUT2D eigenvalue weighted by molar-refractivity contribution is 0.177. The minimum atomic E-state index is -3.52. The van der Waals surface area contributed by atoms with Gasteiger partial charge in [0.2, 0.25) is 10.0 Å². The number of aryl methyl sites for hydroxylation is 2. The maximum atomic E-state index is 12.7. The topological polar surface area (TPSA) is 57.6 Å². The Hall–Kier alpha value is -0.910. The zero-order chi connectivity index (χ0) is 15.7. The maximum absolute atomic E-state index is 12.7. The van der Waals surface area contributed by atoms with Gasteiger partial charge in [-0.3, -0.25) is 0 Å². The molecule has 0 fully saturated rings. The van der Waals surface area contributed by atoms with Crippen LogP contribution in [0.2, 0.25) is 0 Å². The van der Waals surface area contributed by atoms with E-state index < -0.39 is 16.1 Å². The number of hydrogen-bond acceptors (Lipinski definition) is 3. The highest BCUT2D eigenvalue weighted by molar-refractivity contribution is 7.89. The molecule has 0 aliphatic heterocycles. The summed E-state index contributed by atoms with van der Waals surface area (Å²) in [6, 6.07) is 2.01. The van der Waals surface area contributed by atoms with Gasteiger partial charge in [0.1, 0.15) is 0 Å². The van der Waals surface area contributed by atoms with Gasteiger partial charge in [0.05, 0.1) is 11.0 Å². The Balaban J connectivity index is 3.29. The van der Waals surface area contributed by atoms with Crippen molar-refractivity contribution >= 4 is 10.0 Å². The minimum Gasteiger partial charge on any atom is -0.393 e. The number of benzene rings is 1. The molecule has 0 aromatic heterocycles. The molecule has 1 aromatic carbocycles. The Labute approximate surface area is 122 Å². The first-order valence-electron chi connectivity index (χ1n) is 6.80. The standard InChI is InChI=1S/C15H25NO3S/c1-10-9-11(2)14(5)15(13(10)4)20(18,19)16(6)8-7-12(3)17/h9,12,17H,7-8H2,1-6H3. The number of nitrogens with zero attached hydrogens (tertiary/aromatic N) is 1. The van der Waals surface area contributed by atoms with Gasteiger partial charge >= 0.3 is 0 Å². The van der Waals surface area contributed by atoms with Gasteiger partial charge in [-0.1, -0.05) is 6.07 Å². The molecule has 114 valence electrons. The van der Waals surface area contributed by atoms with Crippen molar-refractivity contribution in [2.24, 2.45) is 0 Å². The lowest BCUT2D eigenvalue weighted by Gasteiger charge is -2.22. The van der Waals surface area contributed by atoms with Crippen molar-refractivity contribution in [3.8, 4) is 0 Å². The summed E-state index contributed by atoms with van der Waals surface area (Å²) in [5.41, 5.74) is 3.57. The van der Waals surface area contributed by atoms with Gasteiger partial charge in [-0.25, -0.2) is 12.7 Å². The zero-order valence-electron chi connectivity index (χ0n) is 13.2. The Bertz CT molecular complexity index is 565. The molecule has 0 saturated carbocycles. The first-order chi connectivity index (χ1) is 9.09. The third-order valence-corrected chi connectivity index (χ3v) is 5.96. The van der Waals surface area contributed by atoms with Gasteiger partial charge in [0.25, 0.3) is 0 Å². The first-order valence-corrected chi connectivity index (χ1v) is 8.24. The molecule has 20 heavy (non-hydrogen) atoms. The molecule has 4 nitrogen and oxygen atoms in total. The number of aliphatic hydroxyl groups excluding tert-OH is 1. The summed E-state index contributed by atoms with van der Waals surface area (Å²) in [4.78, 5) is 0.406. The maximum Gasteiger partial charge on any atom is 0.243 e. The predicted molar refractivity (Wildman–Crippen MR) is 81.5 cm³/mol. The van der Waals surface area contributed by atoms with Crippen molar-refractivity contribution in [3.63, 3.8) is 0 Å². The molecule has 0 radical (unpaired) electrons.